The molecule has 0 spiro atoms. The number of aliphatic hydroxyl groups excluding tert-OH is 2. The normalized spacial score (nSPS) is 13.4. The predicted molar refractivity (Wildman–Crippen MR) is 290 cm³/mol. The van der Waals surface area contributed by atoms with Crippen molar-refractivity contribution in [1.82, 2.24) is 5.32 Å². The molecule has 0 fully saturated rings. The summed E-state index contributed by atoms with van der Waals surface area (Å²) in [4.78, 5) is 12.5. The Balaban J connectivity index is 3.50. The van der Waals surface area contributed by atoms with Gasteiger partial charge in [0, 0.05) is 6.42 Å². The van der Waals surface area contributed by atoms with Crippen LogP contribution in [0.2, 0.25) is 0 Å². The van der Waals surface area contributed by atoms with E-state index >= 15 is 0 Å². The minimum Gasteiger partial charge on any atom is -0.394 e. The van der Waals surface area contributed by atoms with Crippen molar-refractivity contribution in [2.24, 2.45) is 0 Å². The van der Waals surface area contributed by atoms with Crippen LogP contribution in [0.3, 0.4) is 0 Å². The van der Waals surface area contributed by atoms with E-state index in [1.54, 1.807) is 6.08 Å². The molecule has 65 heavy (non-hydrogen) atoms. The second-order valence-corrected chi connectivity index (χ2v) is 19.3. The molecule has 0 aliphatic carbocycles. The fraction of sp³-hybridized carbons (Fsp3) is 0.787. The molecule has 0 saturated heterocycles. The summed E-state index contributed by atoms with van der Waals surface area (Å²) < 4.78 is 0. The van der Waals surface area contributed by atoms with Gasteiger partial charge < -0.3 is 15.5 Å². The van der Waals surface area contributed by atoms with Gasteiger partial charge in [0.2, 0.25) is 5.91 Å². The minimum absolute atomic E-state index is 0.0760. The highest BCUT2D eigenvalue weighted by atomic mass is 16.3. The Kier molecular flexibility index (Phi) is 54.3. The standard InChI is InChI=1S/C61H111NO3/c1-3-5-7-9-11-13-15-17-19-21-23-24-25-26-27-28-29-30-31-32-33-34-35-36-37-38-39-41-43-45-47-49-51-53-55-57-61(65)62-59(58-63)60(64)56-54-52-50-48-46-44-42-40-22-20-18-16-14-12-10-8-6-4-2/h15,17,21-23,25-26,40,46,48,54,56,59-60,63-64H,3-14,16,18-20,24,27-39,41-45,47,49-53,55,57-58H2,1-2H3,(H,62,65)/b17-15-,23-21-,26-25-,40-22+,48-46+,56-54+. The molecule has 2 atom stereocenters. The van der Waals surface area contributed by atoms with Crippen LogP contribution in [0.5, 0.6) is 0 Å². The van der Waals surface area contributed by atoms with Gasteiger partial charge in [-0.15, -0.1) is 0 Å². The van der Waals surface area contributed by atoms with E-state index in [0.29, 0.717) is 6.42 Å². The smallest absolute Gasteiger partial charge is 0.220 e. The molecule has 3 N–H and O–H groups in total. The zero-order valence-electron chi connectivity index (χ0n) is 43.5. The molecule has 2 unspecified atom stereocenters. The molecular weight excluding hydrogens is 795 g/mol. The molecular formula is C61H111NO3. The molecule has 0 bridgehead atoms. The van der Waals surface area contributed by atoms with E-state index in [1.807, 2.05) is 6.08 Å². The first-order chi connectivity index (χ1) is 32.2. The Morgan fingerprint density at radius 2 is 0.646 bits per heavy atom. The molecule has 4 nitrogen and oxygen atoms in total. The van der Waals surface area contributed by atoms with Crippen LogP contribution in [0.1, 0.15) is 290 Å². The van der Waals surface area contributed by atoms with Crippen LogP contribution in [-0.4, -0.2) is 34.9 Å². The van der Waals surface area contributed by atoms with Crippen molar-refractivity contribution in [3.05, 3.63) is 72.9 Å². The van der Waals surface area contributed by atoms with Gasteiger partial charge >= 0.3 is 0 Å². The summed E-state index contributed by atoms with van der Waals surface area (Å²) in [5.74, 6) is -0.0760. The van der Waals surface area contributed by atoms with Crippen molar-refractivity contribution in [2.45, 2.75) is 302 Å². The van der Waals surface area contributed by atoms with Crippen LogP contribution in [0.4, 0.5) is 0 Å². The fourth-order valence-corrected chi connectivity index (χ4v) is 8.51. The third-order valence-corrected chi connectivity index (χ3v) is 12.9. The van der Waals surface area contributed by atoms with E-state index < -0.39 is 12.1 Å². The maximum absolute atomic E-state index is 12.5. The van der Waals surface area contributed by atoms with E-state index in [-0.39, 0.29) is 12.5 Å². The average Bonchev–Trinajstić information content (AvgIpc) is 3.31. The van der Waals surface area contributed by atoms with E-state index in [9.17, 15) is 15.0 Å². The number of nitrogens with one attached hydrogen (secondary N) is 1. The second kappa shape index (κ2) is 56.2. The van der Waals surface area contributed by atoms with Crippen molar-refractivity contribution >= 4 is 5.91 Å². The maximum atomic E-state index is 12.5. The summed E-state index contributed by atoms with van der Waals surface area (Å²) in [5, 5.41) is 23.1. The van der Waals surface area contributed by atoms with Gasteiger partial charge in [0.1, 0.15) is 0 Å². The van der Waals surface area contributed by atoms with E-state index in [1.165, 1.54) is 218 Å². The summed E-state index contributed by atoms with van der Waals surface area (Å²) in [6, 6.07) is -0.647. The van der Waals surface area contributed by atoms with Crippen LogP contribution in [0.25, 0.3) is 0 Å². The lowest BCUT2D eigenvalue weighted by Crippen LogP contribution is -2.45. The molecule has 0 saturated carbocycles. The van der Waals surface area contributed by atoms with E-state index in [4.69, 9.17) is 0 Å². The monoisotopic (exact) mass is 906 g/mol. The molecule has 0 heterocycles. The third kappa shape index (κ3) is 52.7. The average molecular weight is 907 g/mol. The van der Waals surface area contributed by atoms with Crippen molar-refractivity contribution in [1.29, 1.82) is 0 Å². The molecule has 0 aromatic carbocycles. The van der Waals surface area contributed by atoms with Gasteiger partial charge in [-0.05, 0) is 83.5 Å². The first-order valence-electron chi connectivity index (χ1n) is 28.7. The van der Waals surface area contributed by atoms with E-state index in [2.05, 4.69) is 79.9 Å². The second-order valence-electron chi connectivity index (χ2n) is 19.3. The van der Waals surface area contributed by atoms with Crippen molar-refractivity contribution < 1.29 is 15.0 Å². The Morgan fingerprint density at radius 3 is 1.00 bits per heavy atom. The number of amides is 1. The zero-order valence-corrected chi connectivity index (χ0v) is 43.5. The molecule has 0 radical (unpaired) electrons. The largest absolute Gasteiger partial charge is 0.394 e. The van der Waals surface area contributed by atoms with Crippen molar-refractivity contribution in [3.8, 4) is 0 Å². The van der Waals surface area contributed by atoms with Crippen LogP contribution < -0.4 is 5.32 Å². The number of carbonyl (C=O) groups excluding carboxylic acids is 1. The minimum atomic E-state index is -0.872. The summed E-state index contributed by atoms with van der Waals surface area (Å²) in [7, 11) is 0. The maximum Gasteiger partial charge on any atom is 0.220 e. The van der Waals surface area contributed by atoms with Crippen LogP contribution in [0.15, 0.2) is 72.9 Å². The van der Waals surface area contributed by atoms with Crippen LogP contribution in [-0.2, 0) is 4.79 Å². The van der Waals surface area contributed by atoms with Gasteiger partial charge in [-0.1, -0.05) is 273 Å². The van der Waals surface area contributed by atoms with Gasteiger partial charge in [0.05, 0.1) is 18.8 Å². The predicted octanol–water partition coefficient (Wildman–Crippen LogP) is 19.0. The SMILES string of the molecule is CCCCCCC/C=C\C/C=C\C/C=C\CCCCCCCCCCCCCCCCCCCCCCC(=O)NC(CO)C(O)/C=C/CC/C=C/CC/C=C/CCCCCCCCCC. The van der Waals surface area contributed by atoms with E-state index in [0.717, 1.165) is 51.4 Å². The van der Waals surface area contributed by atoms with Gasteiger partial charge in [0.15, 0.2) is 0 Å². The number of hydrogen-bond donors (Lipinski definition) is 3. The fourth-order valence-electron chi connectivity index (χ4n) is 8.51. The number of carbonyl (C=O) groups is 1. The lowest BCUT2D eigenvalue weighted by molar-refractivity contribution is -0.123. The van der Waals surface area contributed by atoms with Gasteiger partial charge in [-0.2, -0.15) is 0 Å². The van der Waals surface area contributed by atoms with Crippen molar-refractivity contribution in [2.75, 3.05) is 6.61 Å². The Hall–Kier alpha value is -2.17. The molecule has 4 heteroatoms. The number of unbranched alkanes of at least 4 members (excludes halogenated alkanes) is 35. The summed E-state index contributed by atoms with van der Waals surface area (Å²) >= 11 is 0. The topological polar surface area (TPSA) is 69.6 Å². The quantitative estimate of drug-likeness (QED) is 0.0421. The summed E-state index contributed by atoms with van der Waals surface area (Å²) in [6.45, 7) is 4.29. The highest BCUT2D eigenvalue weighted by Crippen LogP contribution is 2.16. The first-order valence-corrected chi connectivity index (χ1v) is 28.7. The van der Waals surface area contributed by atoms with Crippen LogP contribution in [0, 0.1) is 0 Å². The van der Waals surface area contributed by atoms with Gasteiger partial charge in [0.25, 0.3) is 0 Å². The van der Waals surface area contributed by atoms with Gasteiger partial charge in [-0.25, -0.2) is 0 Å². The van der Waals surface area contributed by atoms with Crippen LogP contribution >= 0.6 is 0 Å². The molecule has 378 valence electrons. The molecule has 1 amide bonds. The highest BCUT2D eigenvalue weighted by Gasteiger charge is 2.18. The summed E-state index contributed by atoms with van der Waals surface area (Å²) in [6.07, 6.45) is 80.7. The number of rotatable bonds is 52. The third-order valence-electron chi connectivity index (χ3n) is 12.9. The number of allylic oxidation sites excluding steroid dienone is 11. The Bertz CT molecular complexity index is 1120. The molecule has 0 aliphatic rings. The Labute approximate surface area is 406 Å². The summed E-state index contributed by atoms with van der Waals surface area (Å²) in [5.41, 5.74) is 0. The lowest BCUT2D eigenvalue weighted by atomic mass is 10.0. The molecule has 0 aromatic heterocycles. The Morgan fingerprint density at radius 1 is 0.369 bits per heavy atom. The molecule has 0 rings (SSSR count). The number of aliphatic hydroxyl groups is 2. The van der Waals surface area contributed by atoms with Crippen molar-refractivity contribution in [3.63, 3.8) is 0 Å². The zero-order chi connectivity index (χ0) is 47.0. The lowest BCUT2D eigenvalue weighted by Gasteiger charge is -2.19. The highest BCUT2D eigenvalue weighted by molar-refractivity contribution is 5.76. The number of hydrogen-bond acceptors (Lipinski definition) is 3. The first kappa shape index (κ1) is 62.8. The molecule has 0 aliphatic heterocycles. The van der Waals surface area contributed by atoms with Gasteiger partial charge in [-0.3, -0.25) is 4.79 Å². The molecule has 0 aromatic rings.